The van der Waals surface area contributed by atoms with Crippen LogP contribution in [0.3, 0.4) is 0 Å². The summed E-state index contributed by atoms with van der Waals surface area (Å²) in [6.07, 6.45) is 4.18. The minimum atomic E-state index is 0.385. The summed E-state index contributed by atoms with van der Waals surface area (Å²) >= 11 is 0. The number of anilines is 1. The third-order valence-corrected chi connectivity index (χ3v) is 4.24. The zero-order valence-electron chi connectivity index (χ0n) is 14.3. The highest BCUT2D eigenvalue weighted by Gasteiger charge is 2.21. The maximum absolute atomic E-state index is 11.4. The second-order valence-corrected chi connectivity index (χ2v) is 6.20. The van der Waals surface area contributed by atoms with Crippen LogP contribution in [-0.2, 0) is 22.6 Å². The molecule has 0 fully saturated rings. The van der Waals surface area contributed by atoms with Crippen LogP contribution in [0.2, 0.25) is 0 Å². The van der Waals surface area contributed by atoms with Gasteiger partial charge in [-0.3, -0.25) is 19.4 Å². The number of carbonyl (C=O) groups is 3. The lowest BCUT2D eigenvalue weighted by Crippen LogP contribution is -2.32. The first-order valence-corrected chi connectivity index (χ1v) is 8.09. The molecule has 0 radical (unpaired) electrons. The molecular weight excluding hydrogens is 308 g/mol. The van der Waals surface area contributed by atoms with Crippen LogP contribution in [0.1, 0.15) is 28.0 Å². The van der Waals surface area contributed by atoms with Gasteiger partial charge in [-0.1, -0.05) is 0 Å². The standard InChI is InChI=1S/C17H24N4O3/c1-19(8-9-22)6-7-20(2)11-15-10-14-4-3-5-21(13-24)17(14)18-16(15)12-23/h9-10,12-13H,3-8,11H2,1-2H3. The fourth-order valence-electron chi connectivity index (χ4n) is 2.85. The molecule has 2 heterocycles. The Hall–Kier alpha value is -2.12. The van der Waals surface area contributed by atoms with Crippen LogP contribution in [0, 0.1) is 0 Å². The highest BCUT2D eigenvalue weighted by molar-refractivity contribution is 5.80. The van der Waals surface area contributed by atoms with Crippen molar-refractivity contribution in [3.05, 3.63) is 22.9 Å². The van der Waals surface area contributed by atoms with Crippen molar-refractivity contribution in [1.29, 1.82) is 0 Å². The normalized spacial score (nSPS) is 13.9. The van der Waals surface area contributed by atoms with E-state index in [2.05, 4.69) is 9.88 Å². The highest BCUT2D eigenvalue weighted by atomic mass is 16.1. The van der Waals surface area contributed by atoms with Gasteiger partial charge in [-0.05, 0) is 44.1 Å². The van der Waals surface area contributed by atoms with Gasteiger partial charge in [0.2, 0.25) is 6.41 Å². The Morgan fingerprint density at radius 3 is 2.62 bits per heavy atom. The van der Waals surface area contributed by atoms with Crippen LogP contribution < -0.4 is 4.90 Å². The highest BCUT2D eigenvalue weighted by Crippen LogP contribution is 2.26. The molecule has 1 aliphatic heterocycles. The predicted molar refractivity (Wildman–Crippen MR) is 91.3 cm³/mol. The molecule has 1 aromatic heterocycles. The summed E-state index contributed by atoms with van der Waals surface area (Å²) < 4.78 is 0. The van der Waals surface area contributed by atoms with E-state index >= 15 is 0 Å². The summed E-state index contributed by atoms with van der Waals surface area (Å²) in [6, 6.07) is 1.99. The first kappa shape index (κ1) is 18.2. The van der Waals surface area contributed by atoms with E-state index in [1.165, 1.54) is 0 Å². The topological polar surface area (TPSA) is 73.8 Å². The minimum absolute atomic E-state index is 0.385. The Kier molecular flexibility index (Phi) is 6.57. The van der Waals surface area contributed by atoms with Crippen LogP contribution in [0.5, 0.6) is 0 Å². The lowest BCUT2D eigenvalue weighted by Gasteiger charge is -2.27. The lowest BCUT2D eigenvalue weighted by molar-refractivity contribution is -0.109. The van der Waals surface area contributed by atoms with Gasteiger partial charge in [0.25, 0.3) is 0 Å². The molecule has 0 aromatic carbocycles. The Balaban J connectivity index is 2.11. The number of pyridine rings is 1. The van der Waals surface area contributed by atoms with E-state index in [0.717, 1.165) is 56.0 Å². The average molecular weight is 332 g/mol. The molecule has 1 amide bonds. The fraction of sp³-hybridized carbons (Fsp3) is 0.529. The number of amides is 1. The number of nitrogens with zero attached hydrogens (tertiary/aromatic N) is 4. The molecule has 1 aromatic rings. The third-order valence-electron chi connectivity index (χ3n) is 4.24. The smallest absolute Gasteiger partial charge is 0.215 e. The summed E-state index contributed by atoms with van der Waals surface area (Å²) in [5.74, 6) is 0.607. The van der Waals surface area contributed by atoms with E-state index in [1.807, 2.05) is 25.1 Å². The van der Waals surface area contributed by atoms with Crippen molar-refractivity contribution < 1.29 is 14.4 Å². The van der Waals surface area contributed by atoms with Crippen molar-refractivity contribution in [3.8, 4) is 0 Å². The van der Waals surface area contributed by atoms with Gasteiger partial charge >= 0.3 is 0 Å². The molecule has 130 valence electrons. The molecule has 7 heteroatoms. The number of fused-ring (bicyclic) bond motifs is 1. The van der Waals surface area contributed by atoms with E-state index in [1.54, 1.807) is 4.90 Å². The van der Waals surface area contributed by atoms with Gasteiger partial charge in [-0.15, -0.1) is 0 Å². The second kappa shape index (κ2) is 8.65. The van der Waals surface area contributed by atoms with Gasteiger partial charge in [0.05, 0.1) is 6.54 Å². The first-order valence-electron chi connectivity index (χ1n) is 8.09. The quantitative estimate of drug-likeness (QED) is 0.608. The summed E-state index contributed by atoms with van der Waals surface area (Å²) in [4.78, 5) is 43.0. The van der Waals surface area contributed by atoms with Gasteiger partial charge in [0.1, 0.15) is 17.8 Å². The molecular formula is C17H24N4O3. The van der Waals surface area contributed by atoms with Crippen molar-refractivity contribution >= 4 is 24.8 Å². The molecule has 0 atom stereocenters. The van der Waals surface area contributed by atoms with E-state index in [0.29, 0.717) is 31.1 Å². The fourth-order valence-corrected chi connectivity index (χ4v) is 2.85. The molecule has 0 aliphatic carbocycles. The van der Waals surface area contributed by atoms with Crippen LogP contribution in [0.4, 0.5) is 5.82 Å². The van der Waals surface area contributed by atoms with E-state index in [-0.39, 0.29) is 0 Å². The summed E-state index contributed by atoms with van der Waals surface area (Å²) in [7, 11) is 3.87. The Morgan fingerprint density at radius 2 is 1.96 bits per heavy atom. The van der Waals surface area contributed by atoms with Gasteiger partial charge in [0, 0.05) is 26.2 Å². The Morgan fingerprint density at radius 1 is 1.21 bits per heavy atom. The Bertz CT molecular complexity index is 606. The van der Waals surface area contributed by atoms with Crippen LogP contribution in [0.15, 0.2) is 6.07 Å². The molecule has 0 saturated heterocycles. The van der Waals surface area contributed by atoms with Crippen molar-refractivity contribution in [1.82, 2.24) is 14.8 Å². The largest absolute Gasteiger partial charge is 0.302 e. The Labute approximate surface area is 142 Å². The summed E-state index contributed by atoms with van der Waals surface area (Å²) in [5.41, 5.74) is 2.27. The average Bonchev–Trinajstić information content (AvgIpc) is 2.59. The lowest BCUT2D eigenvalue weighted by atomic mass is 10.0. The minimum Gasteiger partial charge on any atom is -0.302 e. The number of likely N-dealkylation sites (N-methyl/N-ethyl adjacent to an activating group) is 2. The number of hydrogen-bond donors (Lipinski definition) is 0. The number of aldehydes is 2. The molecule has 0 spiro atoms. The molecule has 2 rings (SSSR count). The second-order valence-electron chi connectivity index (χ2n) is 6.20. The van der Waals surface area contributed by atoms with E-state index < -0.39 is 0 Å². The van der Waals surface area contributed by atoms with Gasteiger partial charge in [0.15, 0.2) is 6.29 Å². The van der Waals surface area contributed by atoms with Gasteiger partial charge in [-0.25, -0.2) is 4.98 Å². The van der Waals surface area contributed by atoms with E-state index in [4.69, 9.17) is 0 Å². The number of aryl methyl sites for hydroxylation is 1. The van der Waals surface area contributed by atoms with Crippen LogP contribution in [0.25, 0.3) is 0 Å². The predicted octanol–water partition coefficient (Wildman–Crippen LogP) is 0.366. The van der Waals surface area contributed by atoms with Crippen molar-refractivity contribution in [3.63, 3.8) is 0 Å². The molecule has 0 unspecified atom stereocenters. The summed E-state index contributed by atoms with van der Waals surface area (Å²) in [6.45, 7) is 3.20. The van der Waals surface area contributed by atoms with Crippen LogP contribution in [-0.4, -0.2) is 74.0 Å². The van der Waals surface area contributed by atoms with Crippen molar-refractivity contribution in [2.24, 2.45) is 0 Å². The van der Waals surface area contributed by atoms with Crippen LogP contribution >= 0.6 is 0 Å². The molecule has 7 nitrogen and oxygen atoms in total. The third kappa shape index (κ3) is 4.46. The number of carbonyl (C=O) groups excluding carboxylic acids is 3. The summed E-state index contributed by atoms with van der Waals surface area (Å²) in [5, 5.41) is 0. The molecule has 0 N–H and O–H groups in total. The molecule has 0 saturated carbocycles. The molecule has 1 aliphatic rings. The zero-order chi connectivity index (χ0) is 17.5. The molecule has 0 bridgehead atoms. The number of hydrogen-bond acceptors (Lipinski definition) is 6. The van der Waals surface area contributed by atoms with Crippen molar-refractivity contribution in [2.75, 3.05) is 45.2 Å². The SMILES string of the molecule is CN(CC=O)CCN(C)Cc1cc2c(nc1C=O)N(C=O)CCC2. The van der Waals surface area contributed by atoms with Gasteiger partial charge < -0.3 is 9.69 Å². The van der Waals surface area contributed by atoms with Gasteiger partial charge in [-0.2, -0.15) is 0 Å². The van der Waals surface area contributed by atoms with E-state index in [9.17, 15) is 14.4 Å². The van der Waals surface area contributed by atoms with Crippen molar-refractivity contribution in [2.45, 2.75) is 19.4 Å². The molecule has 24 heavy (non-hydrogen) atoms. The first-order chi connectivity index (χ1) is 11.6. The maximum Gasteiger partial charge on any atom is 0.215 e. The zero-order valence-corrected chi connectivity index (χ0v) is 14.3. The number of aromatic nitrogens is 1. The maximum atomic E-state index is 11.4. The monoisotopic (exact) mass is 332 g/mol. The number of rotatable bonds is 9.